The van der Waals surface area contributed by atoms with Gasteiger partial charge in [0, 0.05) is 15.8 Å². The predicted molar refractivity (Wildman–Crippen MR) is 78.4 cm³/mol. The molecule has 0 bridgehead atoms. The lowest BCUT2D eigenvalue weighted by Crippen LogP contribution is -2.28. The molecule has 2 aromatic rings. The maximum Gasteiger partial charge on any atom is 0.148 e. The van der Waals surface area contributed by atoms with Crippen molar-refractivity contribution >= 4 is 11.3 Å². The van der Waals surface area contributed by atoms with Crippen LogP contribution in [0.2, 0.25) is 0 Å². The van der Waals surface area contributed by atoms with Gasteiger partial charge in [0.05, 0.1) is 6.61 Å². The monoisotopic (exact) mass is 277 g/mol. The van der Waals surface area contributed by atoms with Crippen molar-refractivity contribution in [2.75, 3.05) is 0 Å². The highest BCUT2D eigenvalue weighted by Crippen LogP contribution is 2.29. The van der Waals surface area contributed by atoms with Crippen LogP contribution in [0.3, 0.4) is 0 Å². The van der Waals surface area contributed by atoms with Crippen LogP contribution in [-0.4, -0.2) is 11.1 Å². The molecule has 19 heavy (non-hydrogen) atoms. The highest BCUT2D eigenvalue weighted by atomic mass is 32.1. The SMILES string of the molecule is Cc1ccc(C(Oc2cccc(CO)c2)C(C)N)s1. The zero-order valence-electron chi connectivity index (χ0n) is 11.2. The van der Waals surface area contributed by atoms with Crippen molar-refractivity contribution in [3.63, 3.8) is 0 Å². The molecule has 1 aromatic carbocycles. The predicted octanol–water partition coefficient (Wildman–Crippen LogP) is 3.02. The van der Waals surface area contributed by atoms with Crippen molar-refractivity contribution in [1.82, 2.24) is 0 Å². The van der Waals surface area contributed by atoms with E-state index in [-0.39, 0.29) is 18.8 Å². The zero-order valence-corrected chi connectivity index (χ0v) is 12.0. The average molecular weight is 277 g/mol. The van der Waals surface area contributed by atoms with Gasteiger partial charge in [0.25, 0.3) is 0 Å². The normalized spacial score (nSPS) is 14.1. The van der Waals surface area contributed by atoms with Gasteiger partial charge in [0.15, 0.2) is 0 Å². The van der Waals surface area contributed by atoms with E-state index < -0.39 is 0 Å². The molecule has 3 nitrogen and oxygen atoms in total. The summed E-state index contributed by atoms with van der Waals surface area (Å²) in [7, 11) is 0. The van der Waals surface area contributed by atoms with Crippen LogP contribution in [0.15, 0.2) is 36.4 Å². The van der Waals surface area contributed by atoms with E-state index in [1.165, 1.54) is 4.88 Å². The Kier molecular flexibility index (Phi) is 4.58. The van der Waals surface area contributed by atoms with E-state index in [0.717, 1.165) is 16.2 Å². The first-order valence-corrected chi connectivity index (χ1v) is 7.10. The molecular weight excluding hydrogens is 258 g/mol. The summed E-state index contributed by atoms with van der Waals surface area (Å²) in [5, 5.41) is 9.15. The third-order valence-corrected chi connectivity index (χ3v) is 3.93. The molecule has 2 atom stereocenters. The smallest absolute Gasteiger partial charge is 0.148 e. The van der Waals surface area contributed by atoms with Gasteiger partial charge >= 0.3 is 0 Å². The van der Waals surface area contributed by atoms with E-state index in [0.29, 0.717) is 0 Å². The molecule has 2 unspecified atom stereocenters. The summed E-state index contributed by atoms with van der Waals surface area (Å²) in [4.78, 5) is 2.37. The van der Waals surface area contributed by atoms with Gasteiger partial charge < -0.3 is 15.6 Å². The Bertz CT molecular complexity index is 536. The second kappa shape index (κ2) is 6.19. The standard InChI is InChI=1S/C15H19NO2S/c1-10-6-7-14(19-10)15(11(2)16)18-13-5-3-4-12(8-13)9-17/h3-8,11,15,17H,9,16H2,1-2H3. The molecule has 1 aromatic heterocycles. The van der Waals surface area contributed by atoms with Crippen molar-refractivity contribution in [2.24, 2.45) is 5.73 Å². The fourth-order valence-electron chi connectivity index (χ4n) is 1.89. The Balaban J connectivity index is 2.21. The van der Waals surface area contributed by atoms with Gasteiger partial charge in [-0.3, -0.25) is 0 Å². The van der Waals surface area contributed by atoms with Crippen molar-refractivity contribution < 1.29 is 9.84 Å². The average Bonchev–Trinajstić information content (AvgIpc) is 2.82. The van der Waals surface area contributed by atoms with E-state index >= 15 is 0 Å². The zero-order chi connectivity index (χ0) is 13.8. The molecule has 1 heterocycles. The number of ether oxygens (including phenoxy) is 1. The lowest BCUT2D eigenvalue weighted by Gasteiger charge is -2.21. The molecule has 0 spiro atoms. The van der Waals surface area contributed by atoms with Crippen LogP contribution in [0, 0.1) is 6.92 Å². The van der Waals surface area contributed by atoms with E-state index in [1.54, 1.807) is 11.3 Å². The molecule has 0 saturated carbocycles. The first-order chi connectivity index (χ1) is 9.10. The fraction of sp³-hybridized carbons (Fsp3) is 0.333. The summed E-state index contributed by atoms with van der Waals surface area (Å²) in [5.41, 5.74) is 6.86. The quantitative estimate of drug-likeness (QED) is 0.883. The molecule has 0 fully saturated rings. The maximum absolute atomic E-state index is 9.15. The summed E-state index contributed by atoms with van der Waals surface area (Å²) in [6.07, 6.45) is -0.160. The van der Waals surface area contributed by atoms with Gasteiger partial charge in [-0.25, -0.2) is 0 Å². The number of aliphatic hydroxyl groups excluding tert-OH is 1. The van der Waals surface area contributed by atoms with Gasteiger partial charge in [-0.15, -0.1) is 11.3 Å². The van der Waals surface area contributed by atoms with Crippen molar-refractivity contribution in [2.45, 2.75) is 32.6 Å². The number of benzene rings is 1. The Hall–Kier alpha value is -1.36. The molecule has 2 rings (SSSR count). The van der Waals surface area contributed by atoms with Gasteiger partial charge in [0.1, 0.15) is 11.9 Å². The van der Waals surface area contributed by atoms with Gasteiger partial charge in [-0.1, -0.05) is 12.1 Å². The fourth-order valence-corrected chi connectivity index (χ4v) is 2.92. The molecule has 0 radical (unpaired) electrons. The van der Waals surface area contributed by atoms with E-state index in [2.05, 4.69) is 19.1 Å². The number of rotatable bonds is 5. The van der Waals surface area contributed by atoms with Crippen LogP contribution in [0.4, 0.5) is 0 Å². The van der Waals surface area contributed by atoms with Crippen LogP contribution < -0.4 is 10.5 Å². The van der Waals surface area contributed by atoms with Crippen LogP contribution in [0.5, 0.6) is 5.75 Å². The summed E-state index contributed by atoms with van der Waals surface area (Å²) < 4.78 is 5.99. The maximum atomic E-state index is 9.15. The Morgan fingerprint density at radius 3 is 2.68 bits per heavy atom. The van der Waals surface area contributed by atoms with Crippen LogP contribution in [-0.2, 0) is 6.61 Å². The number of hydrogen-bond donors (Lipinski definition) is 2. The Labute approximate surface area is 117 Å². The van der Waals surface area contributed by atoms with E-state index in [4.69, 9.17) is 15.6 Å². The summed E-state index contributed by atoms with van der Waals surface area (Å²) in [6, 6.07) is 11.5. The largest absolute Gasteiger partial charge is 0.483 e. The summed E-state index contributed by atoms with van der Waals surface area (Å²) >= 11 is 1.70. The van der Waals surface area contributed by atoms with Crippen LogP contribution in [0.1, 0.15) is 28.3 Å². The van der Waals surface area contributed by atoms with Crippen molar-refractivity contribution in [3.05, 3.63) is 51.7 Å². The Morgan fingerprint density at radius 1 is 1.32 bits per heavy atom. The van der Waals surface area contributed by atoms with Crippen molar-refractivity contribution in [3.8, 4) is 5.75 Å². The number of thiophene rings is 1. The van der Waals surface area contributed by atoms with Crippen molar-refractivity contribution in [1.29, 1.82) is 0 Å². The van der Waals surface area contributed by atoms with Gasteiger partial charge in [-0.2, -0.15) is 0 Å². The number of hydrogen-bond acceptors (Lipinski definition) is 4. The minimum absolute atomic E-state index is 0.0121. The molecule has 102 valence electrons. The number of aryl methyl sites for hydroxylation is 1. The highest BCUT2D eigenvalue weighted by molar-refractivity contribution is 7.12. The minimum atomic E-state index is -0.160. The van der Waals surface area contributed by atoms with E-state index in [1.807, 2.05) is 31.2 Å². The first-order valence-electron chi connectivity index (χ1n) is 6.28. The third kappa shape index (κ3) is 3.56. The molecule has 0 saturated heterocycles. The van der Waals surface area contributed by atoms with Crippen LogP contribution in [0.25, 0.3) is 0 Å². The molecule has 0 aliphatic rings. The van der Waals surface area contributed by atoms with E-state index in [9.17, 15) is 0 Å². The molecule has 0 aliphatic heterocycles. The molecule has 0 amide bonds. The minimum Gasteiger partial charge on any atom is -0.483 e. The third-order valence-electron chi connectivity index (χ3n) is 2.86. The molecule has 0 aliphatic carbocycles. The second-order valence-electron chi connectivity index (χ2n) is 4.65. The number of aliphatic hydroxyl groups is 1. The highest BCUT2D eigenvalue weighted by Gasteiger charge is 2.20. The lowest BCUT2D eigenvalue weighted by molar-refractivity contribution is 0.183. The summed E-state index contributed by atoms with van der Waals surface area (Å²) in [6.45, 7) is 4.02. The topological polar surface area (TPSA) is 55.5 Å². The van der Waals surface area contributed by atoms with Gasteiger partial charge in [-0.05, 0) is 43.7 Å². The first kappa shape index (κ1) is 14.1. The Morgan fingerprint density at radius 2 is 2.11 bits per heavy atom. The summed E-state index contributed by atoms with van der Waals surface area (Å²) in [5.74, 6) is 0.736. The molecule has 3 N–H and O–H groups in total. The molecule has 4 heteroatoms. The van der Waals surface area contributed by atoms with Crippen LogP contribution >= 0.6 is 11.3 Å². The number of nitrogens with two attached hydrogens (primary N) is 1. The lowest BCUT2D eigenvalue weighted by atomic mass is 10.1. The van der Waals surface area contributed by atoms with Gasteiger partial charge in [0.2, 0.25) is 0 Å². The molecular formula is C15H19NO2S. The second-order valence-corrected chi connectivity index (χ2v) is 5.97.